The second-order valence-electron chi connectivity index (χ2n) is 7.70. The van der Waals surface area contributed by atoms with Gasteiger partial charge in [0, 0.05) is 50.6 Å². The lowest BCUT2D eigenvalue weighted by atomic mass is 10.0. The molecule has 156 valence electrons. The van der Waals surface area contributed by atoms with Gasteiger partial charge in [-0.15, -0.1) is 0 Å². The summed E-state index contributed by atoms with van der Waals surface area (Å²) in [6.45, 7) is 3.30. The summed E-state index contributed by atoms with van der Waals surface area (Å²) in [5, 5.41) is 4.44. The van der Waals surface area contributed by atoms with Gasteiger partial charge in [0.2, 0.25) is 0 Å². The van der Waals surface area contributed by atoms with Crippen LogP contribution in [0.5, 0.6) is 0 Å². The molecule has 1 aromatic carbocycles. The highest BCUT2D eigenvalue weighted by Gasteiger charge is 2.28. The first-order valence-corrected chi connectivity index (χ1v) is 10.0. The zero-order valence-electron chi connectivity index (χ0n) is 17.4. The minimum absolute atomic E-state index is 0.0302. The smallest absolute Gasteiger partial charge is 0.272 e. The van der Waals surface area contributed by atoms with Gasteiger partial charge in [0.25, 0.3) is 5.91 Å². The molecule has 30 heavy (non-hydrogen) atoms. The van der Waals surface area contributed by atoms with Crippen molar-refractivity contribution in [3.8, 4) is 11.3 Å². The van der Waals surface area contributed by atoms with Crippen molar-refractivity contribution in [3.05, 3.63) is 59.9 Å². The van der Waals surface area contributed by atoms with Gasteiger partial charge in [-0.05, 0) is 50.1 Å². The molecule has 0 atom stereocenters. The third-order valence-electron chi connectivity index (χ3n) is 5.69. The topological polar surface area (TPSA) is 67.2 Å². The zero-order chi connectivity index (χ0) is 21.3. The first kappa shape index (κ1) is 20.0. The average Bonchev–Trinajstić information content (AvgIpc) is 3.15. The van der Waals surface area contributed by atoms with Crippen LogP contribution in [0.4, 0.5) is 10.2 Å². The van der Waals surface area contributed by atoms with Crippen LogP contribution in [0.25, 0.3) is 11.3 Å². The highest BCUT2D eigenvalue weighted by Crippen LogP contribution is 2.24. The molecule has 7 nitrogen and oxygen atoms in total. The molecule has 1 saturated heterocycles. The number of anilines is 1. The Balaban J connectivity index is 1.43. The molecular formula is C22H25FN6O. The Bertz CT molecular complexity index is 1040. The maximum Gasteiger partial charge on any atom is 0.272 e. The molecule has 2 aromatic heterocycles. The summed E-state index contributed by atoms with van der Waals surface area (Å²) in [6, 6.07) is 10.2. The SMILES string of the molecule is Cc1cc(N(C)C2CCN(C(=O)c3cc(-c4ccc(F)cc4)nn3C)CC2)ncn1. The highest BCUT2D eigenvalue weighted by molar-refractivity contribution is 5.93. The monoisotopic (exact) mass is 408 g/mol. The van der Waals surface area contributed by atoms with Gasteiger partial charge in [-0.3, -0.25) is 9.48 Å². The predicted molar refractivity (Wildman–Crippen MR) is 113 cm³/mol. The van der Waals surface area contributed by atoms with Crippen LogP contribution in [0.1, 0.15) is 29.0 Å². The molecule has 1 amide bonds. The Morgan fingerprint density at radius 3 is 2.50 bits per heavy atom. The molecule has 0 unspecified atom stereocenters. The number of carbonyl (C=O) groups is 1. The van der Waals surface area contributed by atoms with E-state index in [1.165, 1.54) is 12.1 Å². The Morgan fingerprint density at radius 2 is 1.83 bits per heavy atom. The zero-order valence-corrected chi connectivity index (χ0v) is 17.4. The van der Waals surface area contributed by atoms with Crippen LogP contribution in [0, 0.1) is 12.7 Å². The van der Waals surface area contributed by atoms with Crippen LogP contribution in [-0.4, -0.2) is 56.7 Å². The molecule has 3 aromatic rings. The van der Waals surface area contributed by atoms with Gasteiger partial charge in [-0.1, -0.05) is 0 Å². The molecule has 0 spiro atoms. The van der Waals surface area contributed by atoms with Crippen molar-refractivity contribution in [3.63, 3.8) is 0 Å². The van der Waals surface area contributed by atoms with E-state index in [4.69, 9.17) is 0 Å². The van der Waals surface area contributed by atoms with Crippen molar-refractivity contribution >= 4 is 11.7 Å². The van der Waals surface area contributed by atoms with Crippen molar-refractivity contribution < 1.29 is 9.18 Å². The number of aryl methyl sites for hydroxylation is 2. The molecule has 0 aliphatic carbocycles. The van der Waals surface area contributed by atoms with Gasteiger partial charge in [0.1, 0.15) is 23.7 Å². The Kier molecular flexibility index (Phi) is 5.48. The van der Waals surface area contributed by atoms with Crippen LogP contribution in [0.3, 0.4) is 0 Å². The van der Waals surface area contributed by atoms with Crippen molar-refractivity contribution in [1.29, 1.82) is 0 Å². The molecule has 3 heterocycles. The number of benzene rings is 1. The minimum Gasteiger partial charge on any atom is -0.356 e. The van der Waals surface area contributed by atoms with Gasteiger partial charge in [0.15, 0.2) is 0 Å². The molecule has 0 saturated carbocycles. The van der Waals surface area contributed by atoms with Crippen molar-refractivity contribution in [1.82, 2.24) is 24.6 Å². The fourth-order valence-corrected chi connectivity index (χ4v) is 3.87. The number of halogens is 1. The summed E-state index contributed by atoms with van der Waals surface area (Å²) in [4.78, 5) is 25.7. The van der Waals surface area contributed by atoms with E-state index in [9.17, 15) is 9.18 Å². The lowest BCUT2D eigenvalue weighted by molar-refractivity contribution is 0.0702. The maximum atomic E-state index is 13.2. The Morgan fingerprint density at radius 1 is 1.13 bits per heavy atom. The van der Waals surface area contributed by atoms with Crippen molar-refractivity contribution in [2.24, 2.45) is 7.05 Å². The third-order valence-corrected chi connectivity index (χ3v) is 5.69. The number of carbonyl (C=O) groups excluding carboxylic acids is 1. The van der Waals surface area contributed by atoms with Gasteiger partial charge in [0.05, 0.1) is 5.69 Å². The van der Waals surface area contributed by atoms with Gasteiger partial charge in [-0.25, -0.2) is 14.4 Å². The number of rotatable bonds is 4. The molecular weight excluding hydrogens is 383 g/mol. The lowest BCUT2D eigenvalue weighted by Gasteiger charge is -2.37. The van der Waals surface area contributed by atoms with Crippen LogP contribution in [0.15, 0.2) is 42.7 Å². The fraction of sp³-hybridized carbons (Fsp3) is 0.364. The van der Waals surface area contributed by atoms with Gasteiger partial charge in [-0.2, -0.15) is 5.10 Å². The normalized spacial score (nSPS) is 14.7. The number of amides is 1. The summed E-state index contributed by atoms with van der Waals surface area (Å²) < 4.78 is 14.8. The first-order chi connectivity index (χ1) is 14.4. The average molecular weight is 408 g/mol. The summed E-state index contributed by atoms with van der Waals surface area (Å²) in [6.07, 6.45) is 3.32. The molecule has 1 fully saturated rings. The fourth-order valence-electron chi connectivity index (χ4n) is 3.87. The second kappa shape index (κ2) is 8.22. The van der Waals surface area contributed by atoms with Crippen LogP contribution >= 0.6 is 0 Å². The van der Waals surface area contributed by atoms with E-state index in [-0.39, 0.29) is 11.7 Å². The molecule has 1 aliphatic rings. The maximum absolute atomic E-state index is 13.2. The number of hydrogen-bond donors (Lipinski definition) is 0. The number of aromatic nitrogens is 4. The highest BCUT2D eigenvalue weighted by atomic mass is 19.1. The van der Waals surface area contributed by atoms with E-state index >= 15 is 0 Å². The van der Waals surface area contributed by atoms with Gasteiger partial charge >= 0.3 is 0 Å². The van der Waals surface area contributed by atoms with E-state index < -0.39 is 0 Å². The van der Waals surface area contributed by atoms with E-state index in [0.29, 0.717) is 30.5 Å². The molecule has 1 aliphatic heterocycles. The number of hydrogen-bond acceptors (Lipinski definition) is 5. The second-order valence-corrected chi connectivity index (χ2v) is 7.70. The predicted octanol–water partition coefficient (Wildman–Crippen LogP) is 3.07. The summed E-state index contributed by atoms with van der Waals surface area (Å²) >= 11 is 0. The number of nitrogens with zero attached hydrogens (tertiary/aromatic N) is 6. The molecule has 0 radical (unpaired) electrons. The van der Waals surface area contributed by atoms with E-state index in [1.54, 1.807) is 36.3 Å². The largest absolute Gasteiger partial charge is 0.356 e. The molecule has 8 heteroatoms. The third kappa shape index (κ3) is 4.03. The molecule has 0 N–H and O–H groups in total. The lowest BCUT2D eigenvalue weighted by Crippen LogP contribution is -2.46. The number of piperidine rings is 1. The molecule has 4 rings (SSSR count). The first-order valence-electron chi connectivity index (χ1n) is 10.0. The number of likely N-dealkylation sites (tertiary alicyclic amines) is 1. The van der Waals surface area contributed by atoms with Crippen LogP contribution in [-0.2, 0) is 7.05 Å². The van der Waals surface area contributed by atoms with Crippen LogP contribution in [0.2, 0.25) is 0 Å². The van der Waals surface area contributed by atoms with Crippen LogP contribution < -0.4 is 4.90 Å². The standard InChI is InChI=1S/C22H25FN6O/c1-15-12-21(25-14-24-15)27(2)18-8-10-29(11-9-18)22(30)20-13-19(26-28(20)3)16-4-6-17(23)7-5-16/h4-7,12-14,18H,8-11H2,1-3H3. The van der Waals surface area contributed by atoms with E-state index in [2.05, 4.69) is 20.0 Å². The summed E-state index contributed by atoms with van der Waals surface area (Å²) in [7, 11) is 3.80. The summed E-state index contributed by atoms with van der Waals surface area (Å²) in [5.41, 5.74) is 2.92. The van der Waals surface area contributed by atoms with Crippen molar-refractivity contribution in [2.75, 3.05) is 25.0 Å². The van der Waals surface area contributed by atoms with Gasteiger partial charge < -0.3 is 9.80 Å². The summed E-state index contributed by atoms with van der Waals surface area (Å²) in [5.74, 6) is 0.580. The Labute approximate surface area is 175 Å². The van der Waals surface area contributed by atoms with E-state index in [1.807, 2.05) is 24.9 Å². The molecule has 0 bridgehead atoms. The minimum atomic E-state index is -0.295. The quantitative estimate of drug-likeness (QED) is 0.664. The van der Waals surface area contributed by atoms with E-state index in [0.717, 1.165) is 29.9 Å². The Hall–Kier alpha value is -3.29. The van der Waals surface area contributed by atoms with Crippen molar-refractivity contribution in [2.45, 2.75) is 25.8 Å².